The van der Waals surface area contributed by atoms with Crippen LogP contribution in [-0.4, -0.2) is 49.2 Å². The van der Waals surface area contributed by atoms with Crippen LogP contribution in [0.3, 0.4) is 0 Å². The summed E-state index contributed by atoms with van der Waals surface area (Å²) < 4.78 is 1.07. The van der Waals surface area contributed by atoms with E-state index in [-0.39, 0.29) is 0 Å². The normalized spacial score (nSPS) is 12.7. The molecule has 0 aliphatic rings. The van der Waals surface area contributed by atoms with E-state index in [0.29, 0.717) is 6.54 Å². The van der Waals surface area contributed by atoms with Crippen molar-refractivity contribution in [1.82, 2.24) is 10.2 Å². The molecule has 1 rings (SSSR count). The monoisotopic (exact) mass is 314 g/mol. The predicted octanol–water partition coefficient (Wildman–Crippen LogP) is 1.60. The van der Waals surface area contributed by atoms with Crippen molar-refractivity contribution in [1.29, 1.82) is 0 Å². The van der Waals surface area contributed by atoms with Gasteiger partial charge in [0.2, 0.25) is 0 Å². The molecule has 0 aromatic heterocycles. The lowest BCUT2D eigenvalue weighted by molar-refractivity contribution is -0.139. The molecule has 2 N–H and O–H groups in total. The van der Waals surface area contributed by atoms with Crippen LogP contribution in [0.5, 0.6) is 0 Å². The molecule has 18 heavy (non-hydrogen) atoms. The Balaban J connectivity index is 2.41. The highest BCUT2D eigenvalue weighted by Gasteiger charge is 2.16. The van der Waals surface area contributed by atoms with Gasteiger partial charge in [0.15, 0.2) is 0 Å². The number of rotatable bonds is 7. The minimum Gasteiger partial charge on any atom is -0.480 e. The van der Waals surface area contributed by atoms with Crippen LogP contribution in [0, 0.1) is 0 Å². The molecule has 0 radical (unpaired) electrons. The van der Waals surface area contributed by atoms with E-state index in [4.69, 9.17) is 5.11 Å². The summed E-state index contributed by atoms with van der Waals surface area (Å²) in [5, 5.41) is 11.7. The van der Waals surface area contributed by atoms with Gasteiger partial charge in [-0.15, -0.1) is 0 Å². The van der Waals surface area contributed by atoms with Gasteiger partial charge in [0, 0.05) is 17.6 Å². The molecule has 0 fully saturated rings. The molecule has 0 bridgehead atoms. The van der Waals surface area contributed by atoms with Crippen molar-refractivity contribution in [3.63, 3.8) is 0 Å². The summed E-state index contributed by atoms with van der Waals surface area (Å²) in [4.78, 5) is 12.9. The highest BCUT2D eigenvalue weighted by atomic mass is 79.9. The Kier molecular flexibility index (Phi) is 6.32. The van der Waals surface area contributed by atoms with Crippen molar-refractivity contribution in [3.05, 3.63) is 34.3 Å². The summed E-state index contributed by atoms with van der Waals surface area (Å²) in [6, 6.07) is 7.64. The van der Waals surface area contributed by atoms with Crippen molar-refractivity contribution in [2.75, 3.05) is 27.2 Å². The lowest BCUT2D eigenvalue weighted by atomic mass is 10.1. The number of nitrogens with one attached hydrogen (secondary N) is 1. The number of carboxylic acid groups (broad SMARTS) is 1. The number of benzene rings is 1. The molecule has 1 aromatic carbocycles. The molecule has 5 heteroatoms. The molecule has 1 atom stereocenters. The molecule has 1 unspecified atom stereocenters. The van der Waals surface area contributed by atoms with Gasteiger partial charge in [0.1, 0.15) is 6.04 Å². The Morgan fingerprint density at radius 3 is 2.83 bits per heavy atom. The van der Waals surface area contributed by atoms with E-state index >= 15 is 0 Å². The third kappa shape index (κ3) is 5.16. The number of nitrogens with zero attached hydrogens (tertiary/aromatic N) is 1. The zero-order chi connectivity index (χ0) is 13.5. The zero-order valence-corrected chi connectivity index (χ0v) is 12.3. The Morgan fingerprint density at radius 1 is 1.56 bits per heavy atom. The predicted molar refractivity (Wildman–Crippen MR) is 75.8 cm³/mol. The molecular formula is C13H19BrN2O2. The minimum atomic E-state index is -0.813. The van der Waals surface area contributed by atoms with Crippen LogP contribution in [0.2, 0.25) is 0 Å². The van der Waals surface area contributed by atoms with E-state index < -0.39 is 12.0 Å². The summed E-state index contributed by atoms with van der Waals surface area (Å²) in [7, 11) is 3.60. The fraction of sp³-hybridized carbons (Fsp3) is 0.462. The topological polar surface area (TPSA) is 52.6 Å². The van der Waals surface area contributed by atoms with Gasteiger partial charge >= 0.3 is 5.97 Å². The molecule has 4 nitrogen and oxygen atoms in total. The van der Waals surface area contributed by atoms with Crippen LogP contribution >= 0.6 is 15.9 Å². The SMILES string of the molecule is CNC(CN(C)CCc1cccc(Br)c1)C(=O)O. The number of aliphatic carboxylic acids is 1. The van der Waals surface area contributed by atoms with E-state index in [2.05, 4.69) is 33.4 Å². The first-order valence-electron chi connectivity index (χ1n) is 5.86. The van der Waals surface area contributed by atoms with Crippen molar-refractivity contribution in [2.24, 2.45) is 0 Å². The van der Waals surface area contributed by atoms with Gasteiger partial charge in [-0.05, 0) is 38.2 Å². The second-order valence-corrected chi connectivity index (χ2v) is 5.24. The smallest absolute Gasteiger partial charge is 0.322 e. The molecule has 0 heterocycles. The zero-order valence-electron chi connectivity index (χ0n) is 10.7. The second-order valence-electron chi connectivity index (χ2n) is 4.32. The first-order chi connectivity index (χ1) is 8.52. The average molecular weight is 315 g/mol. The van der Waals surface area contributed by atoms with E-state index in [1.165, 1.54) is 5.56 Å². The molecule has 1 aromatic rings. The standard InChI is InChI=1S/C13H19BrN2O2/c1-15-12(13(17)18)9-16(2)7-6-10-4-3-5-11(14)8-10/h3-5,8,12,15H,6-7,9H2,1-2H3,(H,17,18). The van der Waals surface area contributed by atoms with Crippen molar-refractivity contribution in [3.8, 4) is 0 Å². The van der Waals surface area contributed by atoms with Gasteiger partial charge in [0.25, 0.3) is 0 Å². The first kappa shape index (κ1) is 15.1. The summed E-state index contributed by atoms with van der Waals surface area (Å²) in [5.41, 5.74) is 1.24. The number of halogens is 1. The number of hydrogen-bond donors (Lipinski definition) is 2. The van der Waals surface area contributed by atoms with Crippen molar-refractivity contribution < 1.29 is 9.90 Å². The Labute approximate surface area is 116 Å². The lowest BCUT2D eigenvalue weighted by Gasteiger charge is -2.20. The van der Waals surface area contributed by atoms with E-state index in [9.17, 15) is 4.79 Å². The molecule has 0 spiro atoms. The van der Waals surface area contributed by atoms with Crippen molar-refractivity contribution >= 4 is 21.9 Å². The Morgan fingerprint density at radius 2 is 2.28 bits per heavy atom. The maximum absolute atomic E-state index is 10.9. The van der Waals surface area contributed by atoms with Gasteiger partial charge in [-0.2, -0.15) is 0 Å². The summed E-state index contributed by atoms with van der Waals surface area (Å²) in [6.07, 6.45) is 0.909. The Bertz CT molecular complexity index is 398. The maximum atomic E-state index is 10.9. The molecule has 0 aliphatic carbocycles. The molecule has 0 saturated heterocycles. The summed E-state index contributed by atoms with van der Waals surface area (Å²) >= 11 is 3.44. The molecule has 0 aliphatic heterocycles. The third-order valence-electron chi connectivity index (χ3n) is 2.81. The van der Waals surface area contributed by atoms with Gasteiger partial charge in [-0.1, -0.05) is 28.1 Å². The highest BCUT2D eigenvalue weighted by Crippen LogP contribution is 2.12. The van der Waals surface area contributed by atoms with Gasteiger partial charge in [-0.25, -0.2) is 0 Å². The number of carboxylic acids is 1. The van der Waals surface area contributed by atoms with Crippen molar-refractivity contribution in [2.45, 2.75) is 12.5 Å². The van der Waals surface area contributed by atoms with E-state index in [1.807, 2.05) is 24.1 Å². The molecule has 100 valence electrons. The van der Waals surface area contributed by atoms with Crippen LogP contribution in [0.15, 0.2) is 28.7 Å². The van der Waals surface area contributed by atoms with Gasteiger partial charge in [-0.3, -0.25) is 4.79 Å². The van der Waals surface area contributed by atoms with E-state index in [0.717, 1.165) is 17.4 Å². The van der Waals surface area contributed by atoms with Crippen LogP contribution in [0.4, 0.5) is 0 Å². The first-order valence-corrected chi connectivity index (χ1v) is 6.65. The molecular weight excluding hydrogens is 296 g/mol. The number of likely N-dealkylation sites (N-methyl/N-ethyl adjacent to an activating group) is 2. The van der Waals surface area contributed by atoms with Crippen LogP contribution < -0.4 is 5.32 Å². The van der Waals surface area contributed by atoms with E-state index in [1.54, 1.807) is 7.05 Å². The van der Waals surface area contributed by atoms with Gasteiger partial charge in [0.05, 0.1) is 0 Å². The lowest BCUT2D eigenvalue weighted by Crippen LogP contribution is -2.43. The fourth-order valence-electron chi connectivity index (χ4n) is 1.71. The van der Waals surface area contributed by atoms with Crippen LogP contribution in [0.1, 0.15) is 5.56 Å². The maximum Gasteiger partial charge on any atom is 0.322 e. The average Bonchev–Trinajstić information content (AvgIpc) is 2.33. The minimum absolute atomic E-state index is 0.500. The van der Waals surface area contributed by atoms with Gasteiger partial charge < -0.3 is 15.3 Å². The van der Waals surface area contributed by atoms with Crippen LogP contribution in [-0.2, 0) is 11.2 Å². The summed E-state index contributed by atoms with van der Waals surface area (Å²) in [6.45, 7) is 1.34. The molecule has 0 amide bonds. The Hall–Kier alpha value is -0.910. The largest absolute Gasteiger partial charge is 0.480 e. The third-order valence-corrected chi connectivity index (χ3v) is 3.31. The number of hydrogen-bond acceptors (Lipinski definition) is 3. The summed E-state index contributed by atoms with van der Waals surface area (Å²) in [5.74, 6) is -0.813. The number of carbonyl (C=O) groups is 1. The molecule has 0 saturated carbocycles. The quantitative estimate of drug-likeness (QED) is 0.802. The van der Waals surface area contributed by atoms with Crippen LogP contribution in [0.25, 0.3) is 0 Å². The second kappa shape index (κ2) is 7.51. The fourth-order valence-corrected chi connectivity index (χ4v) is 2.15. The highest BCUT2D eigenvalue weighted by molar-refractivity contribution is 9.10.